The molecule has 7 heteroatoms. The first-order valence-corrected chi connectivity index (χ1v) is 8.02. The Morgan fingerprint density at radius 3 is 2.68 bits per heavy atom. The Bertz CT molecular complexity index is 916. The van der Waals surface area contributed by atoms with Crippen molar-refractivity contribution < 1.29 is 4.74 Å². The quantitative estimate of drug-likeness (QED) is 0.675. The second-order valence-electron chi connectivity index (χ2n) is 5.65. The summed E-state index contributed by atoms with van der Waals surface area (Å²) in [5, 5.41) is 5.30. The maximum atomic E-state index is 5.20. The van der Waals surface area contributed by atoms with Gasteiger partial charge in [0.2, 0.25) is 0 Å². The van der Waals surface area contributed by atoms with E-state index in [1.54, 1.807) is 18.0 Å². The summed E-state index contributed by atoms with van der Waals surface area (Å²) >= 11 is 0. The summed E-state index contributed by atoms with van der Waals surface area (Å²) in [7, 11) is 1.65. The van der Waals surface area contributed by atoms with Crippen LogP contribution >= 0.6 is 0 Å². The van der Waals surface area contributed by atoms with E-state index >= 15 is 0 Å². The molecule has 0 atom stereocenters. The van der Waals surface area contributed by atoms with Crippen LogP contribution in [0.25, 0.3) is 16.7 Å². The lowest BCUT2D eigenvalue weighted by Gasteiger charge is -2.10. The van der Waals surface area contributed by atoms with E-state index in [0.29, 0.717) is 11.7 Å². The van der Waals surface area contributed by atoms with Crippen molar-refractivity contribution in [3.05, 3.63) is 61.1 Å². The fourth-order valence-corrected chi connectivity index (χ4v) is 2.72. The van der Waals surface area contributed by atoms with E-state index < -0.39 is 0 Å². The summed E-state index contributed by atoms with van der Waals surface area (Å²) in [6, 6.07) is 7.68. The van der Waals surface area contributed by atoms with E-state index in [0.717, 1.165) is 29.0 Å². The fourth-order valence-electron chi connectivity index (χ4n) is 2.72. The van der Waals surface area contributed by atoms with Gasteiger partial charge in [0.1, 0.15) is 12.1 Å². The maximum absolute atomic E-state index is 5.20. The van der Waals surface area contributed by atoms with Gasteiger partial charge in [-0.2, -0.15) is 5.10 Å². The normalized spacial score (nSPS) is 13.6. The molecule has 0 bridgehead atoms. The SMILES string of the molecule is COc1ccc(-n2ncc3c(NNCC4C=CC=C4)ncnc32)cc1. The molecule has 2 heterocycles. The van der Waals surface area contributed by atoms with Gasteiger partial charge in [0, 0.05) is 12.5 Å². The molecule has 1 aliphatic carbocycles. The first-order chi connectivity index (χ1) is 12.3. The zero-order valence-electron chi connectivity index (χ0n) is 13.8. The summed E-state index contributed by atoms with van der Waals surface area (Å²) in [5.74, 6) is 1.90. The van der Waals surface area contributed by atoms with Gasteiger partial charge in [0.15, 0.2) is 11.5 Å². The highest BCUT2D eigenvalue weighted by Gasteiger charge is 2.11. The number of ether oxygens (including phenoxy) is 1. The lowest BCUT2D eigenvalue weighted by Crippen LogP contribution is -2.27. The molecule has 0 aliphatic heterocycles. The van der Waals surface area contributed by atoms with E-state index in [9.17, 15) is 0 Å². The zero-order chi connectivity index (χ0) is 17.1. The van der Waals surface area contributed by atoms with Crippen LogP contribution in [0.2, 0.25) is 0 Å². The number of nitrogens with one attached hydrogen (secondary N) is 2. The van der Waals surface area contributed by atoms with Gasteiger partial charge >= 0.3 is 0 Å². The lowest BCUT2D eigenvalue weighted by molar-refractivity contribution is 0.414. The Morgan fingerprint density at radius 1 is 1.12 bits per heavy atom. The highest BCUT2D eigenvalue weighted by molar-refractivity contribution is 5.86. The van der Waals surface area contributed by atoms with Crippen LogP contribution in [0.1, 0.15) is 0 Å². The molecule has 0 spiro atoms. The average Bonchev–Trinajstić information content (AvgIpc) is 3.32. The van der Waals surface area contributed by atoms with Gasteiger partial charge in [-0.1, -0.05) is 24.3 Å². The van der Waals surface area contributed by atoms with Crippen LogP contribution in [0, 0.1) is 5.92 Å². The second kappa shape index (κ2) is 6.74. The smallest absolute Gasteiger partial charge is 0.168 e. The van der Waals surface area contributed by atoms with Gasteiger partial charge < -0.3 is 10.2 Å². The molecule has 0 amide bonds. The molecule has 1 aliphatic rings. The second-order valence-corrected chi connectivity index (χ2v) is 5.65. The first kappa shape index (κ1) is 15.3. The Kier molecular flexibility index (Phi) is 4.14. The minimum absolute atomic E-state index is 0.395. The van der Waals surface area contributed by atoms with E-state index in [2.05, 4.69) is 38.1 Å². The number of aromatic nitrogens is 4. The van der Waals surface area contributed by atoms with Crippen molar-refractivity contribution in [2.24, 2.45) is 5.92 Å². The van der Waals surface area contributed by atoms with Crippen LogP contribution in [0.3, 0.4) is 0 Å². The molecule has 25 heavy (non-hydrogen) atoms. The molecule has 0 radical (unpaired) electrons. The summed E-state index contributed by atoms with van der Waals surface area (Å²) in [4.78, 5) is 8.69. The van der Waals surface area contributed by atoms with Crippen molar-refractivity contribution in [1.29, 1.82) is 0 Å². The van der Waals surface area contributed by atoms with E-state index in [-0.39, 0.29) is 0 Å². The van der Waals surface area contributed by atoms with Gasteiger partial charge in [0.05, 0.1) is 24.4 Å². The van der Waals surface area contributed by atoms with Crippen LogP contribution < -0.4 is 15.6 Å². The predicted molar refractivity (Wildman–Crippen MR) is 96.6 cm³/mol. The van der Waals surface area contributed by atoms with E-state index in [1.165, 1.54) is 6.33 Å². The highest BCUT2D eigenvalue weighted by atomic mass is 16.5. The Labute approximate surface area is 145 Å². The number of hydrazine groups is 1. The molecule has 1 aromatic carbocycles. The van der Waals surface area contributed by atoms with Crippen molar-refractivity contribution in [3.8, 4) is 11.4 Å². The van der Waals surface area contributed by atoms with Gasteiger partial charge in [-0.15, -0.1) is 0 Å². The Balaban J connectivity index is 1.56. The molecule has 0 saturated carbocycles. The van der Waals surface area contributed by atoms with Gasteiger partial charge in [-0.05, 0) is 24.3 Å². The number of methoxy groups -OCH3 is 1. The molecule has 7 nitrogen and oxygen atoms in total. The number of benzene rings is 1. The number of hydrogen-bond acceptors (Lipinski definition) is 6. The van der Waals surface area contributed by atoms with Crippen molar-refractivity contribution in [1.82, 2.24) is 25.2 Å². The number of rotatable bonds is 6. The number of anilines is 1. The van der Waals surface area contributed by atoms with Crippen molar-refractivity contribution in [2.75, 3.05) is 19.1 Å². The van der Waals surface area contributed by atoms with Crippen LogP contribution in [0.5, 0.6) is 5.75 Å². The third-order valence-corrected chi connectivity index (χ3v) is 4.06. The minimum atomic E-state index is 0.395. The van der Waals surface area contributed by atoms with Gasteiger partial charge in [0.25, 0.3) is 0 Å². The Morgan fingerprint density at radius 2 is 1.92 bits per heavy atom. The standard InChI is InChI=1S/C18H18N6O/c1-25-15-8-6-14(7-9-15)24-18-16(11-22-24)17(19-12-20-18)23-21-10-13-4-2-3-5-13/h2-9,11-13,21H,10H2,1H3,(H,19,20,23). The van der Waals surface area contributed by atoms with E-state index in [1.807, 2.05) is 36.4 Å². The summed E-state index contributed by atoms with van der Waals surface area (Å²) in [6.45, 7) is 0.783. The molecule has 0 unspecified atom stereocenters. The topological polar surface area (TPSA) is 76.9 Å². The summed E-state index contributed by atoms with van der Waals surface area (Å²) in [6.07, 6.45) is 11.7. The molecule has 126 valence electrons. The third kappa shape index (κ3) is 3.09. The molecular weight excluding hydrogens is 316 g/mol. The van der Waals surface area contributed by atoms with Crippen LogP contribution in [0.4, 0.5) is 5.82 Å². The Hall–Kier alpha value is -3.19. The largest absolute Gasteiger partial charge is 0.497 e. The molecular formula is C18H18N6O. The number of hydrogen-bond donors (Lipinski definition) is 2. The monoisotopic (exact) mass is 334 g/mol. The maximum Gasteiger partial charge on any atom is 0.168 e. The third-order valence-electron chi connectivity index (χ3n) is 4.06. The first-order valence-electron chi connectivity index (χ1n) is 8.02. The molecule has 2 N–H and O–H groups in total. The zero-order valence-corrected chi connectivity index (χ0v) is 13.8. The number of allylic oxidation sites excluding steroid dienone is 2. The molecule has 0 saturated heterocycles. The number of nitrogens with zero attached hydrogens (tertiary/aromatic N) is 4. The van der Waals surface area contributed by atoms with Gasteiger partial charge in [-0.3, -0.25) is 0 Å². The van der Waals surface area contributed by atoms with Crippen LogP contribution in [-0.2, 0) is 0 Å². The van der Waals surface area contributed by atoms with Crippen molar-refractivity contribution in [3.63, 3.8) is 0 Å². The van der Waals surface area contributed by atoms with Crippen LogP contribution in [0.15, 0.2) is 61.1 Å². The minimum Gasteiger partial charge on any atom is -0.497 e. The average molecular weight is 334 g/mol. The predicted octanol–water partition coefficient (Wildman–Crippen LogP) is 2.48. The van der Waals surface area contributed by atoms with E-state index in [4.69, 9.17) is 4.74 Å². The highest BCUT2D eigenvalue weighted by Crippen LogP contribution is 2.22. The molecule has 3 aromatic rings. The molecule has 2 aromatic heterocycles. The van der Waals surface area contributed by atoms with Crippen molar-refractivity contribution in [2.45, 2.75) is 0 Å². The summed E-state index contributed by atoms with van der Waals surface area (Å²) < 4.78 is 6.98. The van der Waals surface area contributed by atoms with Crippen molar-refractivity contribution >= 4 is 16.9 Å². The van der Waals surface area contributed by atoms with Crippen LogP contribution in [-0.4, -0.2) is 33.4 Å². The van der Waals surface area contributed by atoms with Gasteiger partial charge in [-0.25, -0.2) is 20.1 Å². The fraction of sp³-hybridized carbons (Fsp3) is 0.167. The molecule has 0 fully saturated rings. The number of fused-ring (bicyclic) bond motifs is 1. The lowest BCUT2D eigenvalue weighted by atomic mass is 10.2. The molecule has 4 rings (SSSR count). The summed E-state index contributed by atoms with van der Waals surface area (Å²) in [5.41, 5.74) is 8.01.